The summed E-state index contributed by atoms with van der Waals surface area (Å²) in [6.07, 6.45) is -0.547. The van der Waals surface area contributed by atoms with Crippen molar-refractivity contribution in [3.05, 3.63) is 55.4 Å². The third-order valence-corrected chi connectivity index (χ3v) is 4.27. The fraction of sp³-hybridized carbons (Fsp3) is 0.143. The number of aliphatic hydroxyl groups is 1. The molecule has 0 aliphatic heterocycles. The molecule has 0 aromatic heterocycles. The molecule has 1 N–H and O–H groups in total. The van der Waals surface area contributed by atoms with Gasteiger partial charge in [-0.1, -0.05) is 40.9 Å². The third kappa shape index (κ3) is 3.60. The molecule has 0 spiro atoms. The predicted molar refractivity (Wildman–Crippen MR) is 86.3 cm³/mol. The van der Waals surface area contributed by atoms with E-state index in [1.807, 2.05) is 0 Å². The number of aliphatic hydroxyl groups excluding tert-OH is 1. The quantitative estimate of drug-likeness (QED) is 0.621. The van der Waals surface area contributed by atoms with Crippen LogP contribution in [-0.2, 0) is 0 Å². The maximum atomic E-state index is 9.52. The number of hydrogen-bond acceptors (Lipinski definition) is 2. The Balaban J connectivity index is 2.33. The summed E-state index contributed by atoms with van der Waals surface area (Å²) in [5.41, 5.74) is 0.782. The van der Waals surface area contributed by atoms with Crippen LogP contribution in [0.3, 0.4) is 0 Å². The van der Waals surface area contributed by atoms with Gasteiger partial charge in [0.2, 0.25) is 0 Å². The molecule has 0 radical (unpaired) electrons. The molecule has 6 heteroatoms. The first-order chi connectivity index (χ1) is 9.38. The normalized spacial score (nSPS) is 12.3. The van der Waals surface area contributed by atoms with E-state index >= 15 is 0 Å². The number of rotatable bonds is 3. The van der Waals surface area contributed by atoms with Crippen LogP contribution < -0.4 is 4.74 Å². The van der Waals surface area contributed by atoms with Crippen molar-refractivity contribution in [3.63, 3.8) is 0 Å². The van der Waals surface area contributed by atoms with Crippen molar-refractivity contribution in [3.8, 4) is 11.5 Å². The molecule has 2 aromatic carbocycles. The van der Waals surface area contributed by atoms with Crippen LogP contribution in [0.15, 0.2) is 34.8 Å². The minimum Gasteiger partial charge on any atom is -0.455 e. The lowest BCUT2D eigenvalue weighted by molar-refractivity contribution is 0.199. The Morgan fingerprint density at radius 1 is 1.00 bits per heavy atom. The monoisotopic (exact) mass is 394 g/mol. The van der Waals surface area contributed by atoms with Gasteiger partial charge in [0.05, 0.1) is 25.6 Å². The van der Waals surface area contributed by atoms with Crippen molar-refractivity contribution < 1.29 is 9.84 Å². The van der Waals surface area contributed by atoms with E-state index in [4.69, 9.17) is 39.5 Å². The summed E-state index contributed by atoms with van der Waals surface area (Å²) in [4.78, 5) is 0. The number of hydrogen-bond donors (Lipinski definition) is 1. The number of benzene rings is 2. The van der Waals surface area contributed by atoms with Crippen LogP contribution in [0.4, 0.5) is 0 Å². The lowest BCUT2D eigenvalue weighted by Crippen LogP contribution is -1.93. The van der Waals surface area contributed by atoms with Crippen LogP contribution in [0, 0.1) is 0 Å². The fourth-order valence-electron chi connectivity index (χ4n) is 1.56. The van der Waals surface area contributed by atoms with Gasteiger partial charge in [0.15, 0.2) is 0 Å². The van der Waals surface area contributed by atoms with E-state index in [0.717, 1.165) is 5.56 Å². The molecule has 2 rings (SSSR count). The molecule has 106 valence electrons. The van der Waals surface area contributed by atoms with Crippen molar-refractivity contribution in [2.24, 2.45) is 0 Å². The van der Waals surface area contributed by atoms with Gasteiger partial charge in [-0.2, -0.15) is 0 Å². The summed E-state index contributed by atoms with van der Waals surface area (Å²) in [5, 5.41) is 10.6. The van der Waals surface area contributed by atoms with E-state index < -0.39 is 6.10 Å². The van der Waals surface area contributed by atoms with Crippen molar-refractivity contribution in [2.45, 2.75) is 13.0 Å². The van der Waals surface area contributed by atoms with E-state index in [2.05, 4.69) is 15.9 Å². The van der Waals surface area contributed by atoms with Crippen LogP contribution in [0.5, 0.6) is 11.5 Å². The zero-order chi connectivity index (χ0) is 14.9. The fourth-order valence-corrected chi connectivity index (χ4v) is 2.61. The van der Waals surface area contributed by atoms with Gasteiger partial charge in [-0.15, -0.1) is 0 Å². The van der Waals surface area contributed by atoms with Crippen LogP contribution in [-0.4, -0.2) is 5.11 Å². The second kappa shape index (κ2) is 6.54. The standard InChI is InChI=1S/C14H10BrCl3O2/c1-7(19)8-2-3-13(9(15)4-8)20-14-6-11(17)10(16)5-12(14)18/h2-7,19H,1H3/t7-/m1/s1. The minimum absolute atomic E-state index is 0.364. The summed E-state index contributed by atoms with van der Waals surface area (Å²) in [7, 11) is 0. The van der Waals surface area contributed by atoms with E-state index in [0.29, 0.717) is 31.0 Å². The maximum absolute atomic E-state index is 9.52. The molecule has 2 aromatic rings. The highest BCUT2D eigenvalue weighted by Gasteiger charge is 2.11. The Kier molecular flexibility index (Phi) is 5.21. The average Bonchev–Trinajstić information content (AvgIpc) is 2.37. The van der Waals surface area contributed by atoms with E-state index in [9.17, 15) is 5.11 Å². The zero-order valence-corrected chi connectivity index (χ0v) is 14.2. The van der Waals surface area contributed by atoms with Crippen LogP contribution in [0.2, 0.25) is 15.1 Å². The largest absolute Gasteiger partial charge is 0.455 e. The lowest BCUT2D eigenvalue weighted by atomic mass is 10.1. The highest BCUT2D eigenvalue weighted by atomic mass is 79.9. The Hall–Kier alpha value is -0.450. The number of halogens is 4. The molecule has 1 atom stereocenters. The van der Waals surface area contributed by atoms with Gasteiger partial charge < -0.3 is 9.84 Å². The van der Waals surface area contributed by atoms with Crippen molar-refractivity contribution in [2.75, 3.05) is 0 Å². The molecule has 20 heavy (non-hydrogen) atoms. The molecule has 0 aliphatic rings. The van der Waals surface area contributed by atoms with E-state index in [-0.39, 0.29) is 0 Å². The van der Waals surface area contributed by atoms with Gasteiger partial charge in [0, 0.05) is 6.07 Å². The Bertz CT molecular complexity index is 645. The summed E-state index contributed by atoms with van der Waals surface area (Å²) in [6, 6.07) is 8.38. The molecular weight excluding hydrogens is 386 g/mol. The molecular formula is C14H10BrCl3O2. The molecule has 0 bridgehead atoms. The van der Waals surface area contributed by atoms with Gasteiger partial charge in [-0.25, -0.2) is 0 Å². The molecule has 0 heterocycles. The molecule has 0 amide bonds. The van der Waals surface area contributed by atoms with Crippen LogP contribution in [0.1, 0.15) is 18.6 Å². The van der Waals surface area contributed by atoms with Crippen LogP contribution in [0.25, 0.3) is 0 Å². The second-order valence-corrected chi connectivity index (χ2v) is 6.24. The van der Waals surface area contributed by atoms with E-state index in [1.54, 1.807) is 31.2 Å². The maximum Gasteiger partial charge on any atom is 0.147 e. The van der Waals surface area contributed by atoms with Gasteiger partial charge in [0.1, 0.15) is 11.5 Å². The van der Waals surface area contributed by atoms with Crippen molar-refractivity contribution in [1.82, 2.24) is 0 Å². The Labute approximate surface area is 140 Å². The molecule has 0 saturated heterocycles. The Morgan fingerprint density at radius 3 is 2.25 bits per heavy atom. The number of ether oxygens (including phenoxy) is 1. The SMILES string of the molecule is C[C@@H](O)c1ccc(Oc2cc(Cl)c(Cl)cc2Cl)c(Br)c1. The first-order valence-electron chi connectivity index (χ1n) is 5.68. The first kappa shape index (κ1) is 15.9. The molecule has 0 unspecified atom stereocenters. The second-order valence-electron chi connectivity index (χ2n) is 4.16. The van der Waals surface area contributed by atoms with Gasteiger partial charge in [-0.3, -0.25) is 0 Å². The smallest absolute Gasteiger partial charge is 0.147 e. The molecule has 0 saturated carbocycles. The highest BCUT2D eigenvalue weighted by molar-refractivity contribution is 9.10. The van der Waals surface area contributed by atoms with Gasteiger partial charge in [-0.05, 0) is 46.6 Å². The van der Waals surface area contributed by atoms with Crippen molar-refractivity contribution >= 4 is 50.7 Å². The third-order valence-electron chi connectivity index (χ3n) is 2.63. The Morgan fingerprint density at radius 2 is 1.65 bits per heavy atom. The van der Waals surface area contributed by atoms with E-state index in [1.165, 1.54) is 6.07 Å². The van der Waals surface area contributed by atoms with Crippen LogP contribution >= 0.6 is 50.7 Å². The lowest BCUT2D eigenvalue weighted by Gasteiger charge is -2.12. The summed E-state index contributed by atoms with van der Waals surface area (Å²) >= 11 is 21.3. The zero-order valence-electron chi connectivity index (χ0n) is 10.3. The molecule has 2 nitrogen and oxygen atoms in total. The predicted octanol–water partition coefficient (Wildman–Crippen LogP) is 6.25. The average molecular weight is 396 g/mol. The topological polar surface area (TPSA) is 29.5 Å². The summed E-state index contributed by atoms with van der Waals surface area (Å²) in [6.45, 7) is 1.69. The first-order valence-corrected chi connectivity index (χ1v) is 7.61. The molecule has 0 fully saturated rings. The minimum atomic E-state index is -0.547. The summed E-state index contributed by atoms with van der Waals surface area (Å²) < 4.78 is 6.41. The van der Waals surface area contributed by atoms with Gasteiger partial charge in [0.25, 0.3) is 0 Å². The van der Waals surface area contributed by atoms with Gasteiger partial charge >= 0.3 is 0 Å². The highest BCUT2D eigenvalue weighted by Crippen LogP contribution is 2.38. The molecule has 0 aliphatic carbocycles. The van der Waals surface area contributed by atoms with Crippen molar-refractivity contribution in [1.29, 1.82) is 0 Å². The summed E-state index contributed by atoms with van der Waals surface area (Å²) in [5.74, 6) is 0.973.